The Morgan fingerprint density at radius 3 is 2.12 bits per heavy atom. The van der Waals surface area contributed by atoms with Gasteiger partial charge in [-0.05, 0) is 56.9 Å². The molecular formula is C32H35ClN2O6. The van der Waals surface area contributed by atoms with Crippen molar-refractivity contribution >= 4 is 35.4 Å². The largest absolute Gasteiger partial charge is 0.466 e. The van der Waals surface area contributed by atoms with E-state index in [1.54, 1.807) is 56.3 Å². The molecular weight excluding hydrogens is 544 g/mol. The summed E-state index contributed by atoms with van der Waals surface area (Å²) in [7, 11) is 1.31. The second-order valence-electron chi connectivity index (χ2n) is 10.0. The Labute approximate surface area is 245 Å². The van der Waals surface area contributed by atoms with Gasteiger partial charge in [-0.25, -0.2) is 9.59 Å². The number of esters is 2. The molecule has 2 aromatic rings. The van der Waals surface area contributed by atoms with E-state index < -0.39 is 17.9 Å². The van der Waals surface area contributed by atoms with E-state index in [1.165, 1.54) is 12.0 Å². The van der Waals surface area contributed by atoms with Crippen LogP contribution in [0.3, 0.4) is 0 Å². The Kier molecular flexibility index (Phi) is 10.00. The first-order valence-electron chi connectivity index (χ1n) is 14.0. The van der Waals surface area contributed by atoms with Gasteiger partial charge in [0.05, 0.1) is 41.9 Å². The highest BCUT2D eigenvalue weighted by Crippen LogP contribution is 2.42. The van der Waals surface area contributed by atoms with Crippen molar-refractivity contribution in [2.45, 2.75) is 58.3 Å². The van der Waals surface area contributed by atoms with Gasteiger partial charge in [0.25, 0.3) is 11.8 Å². The molecule has 2 heterocycles. The van der Waals surface area contributed by atoms with Gasteiger partial charge in [-0.2, -0.15) is 0 Å². The van der Waals surface area contributed by atoms with E-state index >= 15 is 0 Å². The summed E-state index contributed by atoms with van der Waals surface area (Å²) in [5, 5.41) is 3.72. The minimum Gasteiger partial charge on any atom is -0.466 e. The lowest BCUT2D eigenvalue weighted by Gasteiger charge is -2.32. The van der Waals surface area contributed by atoms with Crippen molar-refractivity contribution in [3.63, 3.8) is 0 Å². The number of rotatable bonds is 12. The van der Waals surface area contributed by atoms with Crippen molar-refractivity contribution < 1.29 is 28.7 Å². The van der Waals surface area contributed by atoms with Crippen LogP contribution in [0.25, 0.3) is 0 Å². The Morgan fingerprint density at radius 1 is 0.878 bits per heavy atom. The van der Waals surface area contributed by atoms with Gasteiger partial charge in [0.1, 0.15) is 0 Å². The van der Waals surface area contributed by atoms with Crippen molar-refractivity contribution in [2.75, 3.05) is 20.3 Å². The number of carbonyl (C=O) groups excluding carboxylic acids is 4. The standard InChI is InChI=1S/C32H35ClN2O6/c1-4-41-32(39)28-25(34-20(2)26(31(38)40-3)27(28)23-16-11-12-17-24(23)33)18-8-6-5-7-13-19-35-29(36)21-14-9-10-15-22(21)30(35)37/h9-12,14-17,27,34H,4-8,13,18-19H2,1-3H3/t27-/m1/s1. The average Bonchev–Trinajstić information content (AvgIpc) is 3.21. The Hall–Kier alpha value is -3.91. The molecule has 0 aliphatic carbocycles. The second kappa shape index (κ2) is 13.6. The molecule has 0 aromatic heterocycles. The number of imide groups is 1. The SMILES string of the molecule is CCOC(=O)C1=C(CCCCCCCN2C(=O)c3ccccc3C2=O)NC(C)=C(C(=O)OC)[C@H]1c1ccccc1Cl. The molecule has 8 nitrogen and oxygen atoms in total. The zero-order valence-electron chi connectivity index (χ0n) is 23.6. The molecule has 0 spiro atoms. The van der Waals surface area contributed by atoms with E-state index in [0.29, 0.717) is 57.2 Å². The number of dihydropyridines is 1. The summed E-state index contributed by atoms with van der Waals surface area (Å²) in [5.74, 6) is -2.23. The fourth-order valence-electron chi connectivity index (χ4n) is 5.49. The molecule has 41 heavy (non-hydrogen) atoms. The van der Waals surface area contributed by atoms with Crippen LogP contribution in [0.2, 0.25) is 5.02 Å². The first-order valence-corrected chi connectivity index (χ1v) is 14.3. The van der Waals surface area contributed by atoms with E-state index in [1.807, 2.05) is 6.07 Å². The maximum atomic E-state index is 13.3. The van der Waals surface area contributed by atoms with Crippen molar-refractivity contribution in [3.8, 4) is 0 Å². The third-order valence-electron chi connectivity index (χ3n) is 7.45. The summed E-state index contributed by atoms with van der Waals surface area (Å²) in [5.41, 5.74) is 3.55. The number of nitrogens with zero attached hydrogens (tertiary/aromatic N) is 1. The number of hydrogen-bond donors (Lipinski definition) is 1. The van der Waals surface area contributed by atoms with Crippen LogP contribution >= 0.6 is 11.6 Å². The van der Waals surface area contributed by atoms with E-state index in [2.05, 4.69) is 5.32 Å². The molecule has 0 radical (unpaired) electrons. The van der Waals surface area contributed by atoms with Crippen LogP contribution in [0.15, 0.2) is 71.1 Å². The van der Waals surface area contributed by atoms with Gasteiger partial charge < -0.3 is 14.8 Å². The van der Waals surface area contributed by atoms with Crippen LogP contribution in [-0.4, -0.2) is 48.9 Å². The highest BCUT2D eigenvalue weighted by molar-refractivity contribution is 6.31. The summed E-state index contributed by atoms with van der Waals surface area (Å²) >= 11 is 6.56. The normalized spacial score (nSPS) is 16.6. The van der Waals surface area contributed by atoms with Gasteiger partial charge in [0.15, 0.2) is 0 Å². The van der Waals surface area contributed by atoms with Crippen LogP contribution in [0.5, 0.6) is 0 Å². The number of fused-ring (bicyclic) bond motifs is 1. The van der Waals surface area contributed by atoms with Crippen LogP contribution in [-0.2, 0) is 19.1 Å². The van der Waals surface area contributed by atoms with E-state index in [4.69, 9.17) is 21.1 Å². The first kappa shape index (κ1) is 30.1. The third kappa shape index (κ3) is 6.38. The van der Waals surface area contributed by atoms with Crippen molar-refractivity contribution in [1.82, 2.24) is 10.2 Å². The van der Waals surface area contributed by atoms with E-state index in [9.17, 15) is 19.2 Å². The van der Waals surface area contributed by atoms with E-state index in [-0.39, 0.29) is 18.4 Å². The third-order valence-corrected chi connectivity index (χ3v) is 7.79. The number of hydrogen-bond acceptors (Lipinski definition) is 7. The zero-order valence-corrected chi connectivity index (χ0v) is 24.4. The number of methoxy groups -OCH3 is 1. The number of allylic oxidation sites excluding steroid dienone is 2. The predicted octanol–water partition coefficient (Wildman–Crippen LogP) is 5.93. The molecule has 1 N–H and O–H groups in total. The second-order valence-corrected chi connectivity index (χ2v) is 10.5. The van der Waals surface area contributed by atoms with Crippen LogP contribution < -0.4 is 5.32 Å². The highest BCUT2D eigenvalue weighted by Gasteiger charge is 2.39. The molecule has 0 saturated carbocycles. The number of carbonyl (C=O) groups is 4. The molecule has 2 amide bonds. The quantitative estimate of drug-likeness (QED) is 0.189. The summed E-state index contributed by atoms with van der Waals surface area (Å²) in [6.45, 7) is 4.11. The zero-order chi connectivity index (χ0) is 29.5. The first-order chi connectivity index (χ1) is 19.8. The van der Waals surface area contributed by atoms with Gasteiger partial charge in [0.2, 0.25) is 0 Å². The van der Waals surface area contributed by atoms with E-state index in [0.717, 1.165) is 32.1 Å². The molecule has 0 unspecified atom stereocenters. The average molecular weight is 579 g/mol. The predicted molar refractivity (Wildman–Crippen MR) is 155 cm³/mol. The number of nitrogens with one attached hydrogen (secondary N) is 1. The van der Waals surface area contributed by atoms with Gasteiger partial charge in [0, 0.05) is 23.0 Å². The summed E-state index contributed by atoms with van der Waals surface area (Å²) < 4.78 is 10.5. The van der Waals surface area contributed by atoms with Gasteiger partial charge in [-0.1, -0.05) is 61.2 Å². The monoisotopic (exact) mass is 578 g/mol. The van der Waals surface area contributed by atoms with Crippen molar-refractivity contribution in [3.05, 3.63) is 92.8 Å². The van der Waals surface area contributed by atoms with Crippen LogP contribution in [0.1, 0.15) is 84.6 Å². The number of halogens is 1. The van der Waals surface area contributed by atoms with Gasteiger partial charge in [-0.15, -0.1) is 0 Å². The number of unbranched alkanes of at least 4 members (excludes halogenated alkanes) is 4. The maximum absolute atomic E-state index is 13.3. The number of benzene rings is 2. The van der Waals surface area contributed by atoms with Crippen LogP contribution in [0.4, 0.5) is 0 Å². The Bertz CT molecular complexity index is 1380. The lowest BCUT2D eigenvalue weighted by Crippen LogP contribution is -2.33. The molecule has 0 saturated heterocycles. The fourth-order valence-corrected chi connectivity index (χ4v) is 5.73. The lowest BCUT2D eigenvalue weighted by molar-refractivity contribution is -0.139. The molecule has 2 aromatic carbocycles. The number of ether oxygens (including phenoxy) is 2. The summed E-state index contributed by atoms with van der Waals surface area (Å²) in [6, 6.07) is 14.1. The molecule has 216 valence electrons. The minimum atomic E-state index is -0.730. The number of amides is 2. The van der Waals surface area contributed by atoms with Gasteiger partial charge in [-0.3, -0.25) is 14.5 Å². The molecule has 2 aliphatic heterocycles. The Balaban J connectivity index is 1.42. The lowest BCUT2D eigenvalue weighted by atomic mass is 9.79. The smallest absolute Gasteiger partial charge is 0.336 e. The molecule has 2 aliphatic rings. The molecule has 0 bridgehead atoms. The minimum absolute atomic E-state index is 0.189. The topological polar surface area (TPSA) is 102 Å². The molecule has 9 heteroatoms. The molecule has 0 fully saturated rings. The summed E-state index contributed by atoms with van der Waals surface area (Å²) in [6.07, 6.45) is 4.72. The molecule has 4 rings (SSSR count). The summed E-state index contributed by atoms with van der Waals surface area (Å²) in [4.78, 5) is 52.6. The Morgan fingerprint density at radius 2 is 1.49 bits per heavy atom. The maximum Gasteiger partial charge on any atom is 0.336 e. The van der Waals surface area contributed by atoms with Crippen molar-refractivity contribution in [1.29, 1.82) is 0 Å². The van der Waals surface area contributed by atoms with Gasteiger partial charge >= 0.3 is 11.9 Å². The van der Waals surface area contributed by atoms with Crippen LogP contribution in [0, 0.1) is 0 Å². The van der Waals surface area contributed by atoms with Crippen molar-refractivity contribution in [2.24, 2.45) is 0 Å². The highest BCUT2D eigenvalue weighted by atomic mass is 35.5. The fraction of sp³-hybridized carbons (Fsp3) is 0.375. The molecule has 1 atom stereocenters.